The average Bonchev–Trinajstić information content (AvgIpc) is 2.67. The van der Waals surface area contributed by atoms with Crippen LogP contribution in [-0.2, 0) is 14.8 Å². The van der Waals surface area contributed by atoms with Gasteiger partial charge >= 0.3 is 5.97 Å². The first-order valence-electron chi connectivity index (χ1n) is 6.11. The first-order chi connectivity index (χ1) is 9.69. The number of nitrogens with two attached hydrogens (primary N) is 2. The van der Waals surface area contributed by atoms with Gasteiger partial charge in [0.25, 0.3) is 0 Å². The minimum Gasteiger partial charge on any atom is -0.478 e. The molecule has 1 aliphatic heterocycles. The van der Waals surface area contributed by atoms with Crippen LogP contribution in [-0.4, -0.2) is 37.7 Å². The predicted molar refractivity (Wildman–Crippen MR) is 76.2 cm³/mol. The molecule has 1 aliphatic rings. The fourth-order valence-electron chi connectivity index (χ4n) is 2.43. The zero-order valence-corrected chi connectivity index (χ0v) is 11.8. The molecule has 1 saturated heterocycles. The predicted octanol–water partition coefficient (Wildman–Crippen LogP) is -0.392. The van der Waals surface area contributed by atoms with E-state index in [0.29, 0.717) is 0 Å². The summed E-state index contributed by atoms with van der Waals surface area (Å²) in [5.41, 5.74) is 5.94. The fourth-order valence-corrected chi connectivity index (χ4v) is 3.31. The Morgan fingerprint density at radius 1 is 1.43 bits per heavy atom. The smallest absolute Gasteiger partial charge is 0.337 e. The number of hydrogen-bond donors (Lipinski definition) is 3. The summed E-state index contributed by atoms with van der Waals surface area (Å²) in [7, 11) is -3.67. The topological polar surface area (TPSA) is 144 Å². The Morgan fingerprint density at radius 3 is 2.67 bits per heavy atom. The van der Waals surface area contributed by atoms with Crippen molar-refractivity contribution >= 4 is 33.3 Å². The van der Waals surface area contributed by atoms with Gasteiger partial charge in [-0.15, -0.1) is 0 Å². The molecular weight excluding hydrogens is 298 g/mol. The highest BCUT2D eigenvalue weighted by Gasteiger charge is 2.34. The summed E-state index contributed by atoms with van der Waals surface area (Å²) in [6, 6.07) is 4.35. The maximum atomic E-state index is 12.0. The minimum absolute atomic E-state index is 0.0189. The molecule has 5 N–H and O–H groups in total. The number of carbonyl (C=O) groups is 2. The van der Waals surface area contributed by atoms with Gasteiger partial charge in [-0.2, -0.15) is 0 Å². The summed E-state index contributed by atoms with van der Waals surface area (Å²) in [5.74, 6) is -2.23. The quantitative estimate of drug-likeness (QED) is 0.646. The molecule has 1 fully saturated rings. The maximum Gasteiger partial charge on any atom is 0.337 e. The van der Waals surface area contributed by atoms with Crippen LogP contribution in [0.5, 0.6) is 0 Å². The Morgan fingerprint density at radius 2 is 2.10 bits per heavy atom. The van der Waals surface area contributed by atoms with E-state index in [4.69, 9.17) is 16.0 Å². The van der Waals surface area contributed by atoms with E-state index < -0.39 is 21.9 Å². The summed E-state index contributed by atoms with van der Waals surface area (Å²) >= 11 is 0. The standard InChI is InChI=1S/C12H15N3O5S/c13-11-8(12(17)18)2-1-3-9(11)15-5-7(4-10(15)16)6-21(14,19)20/h1-3,7H,4-6,13H2,(H,17,18)(H2,14,19,20). The number of para-hydroxylation sites is 1. The van der Waals surface area contributed by atoms with Crippen LogP contribution in [0.15, 0.2) is 18.2 Å². The van der Waals surface area contributed by atoms with Crippen LogP contribution < -0.4 is 15.8 Å². The molecule has 8 nitrogen and oxygen atoms in total. The third kappa shape index (κ3) is 3.31. The molecule has 0 spiro atoms. The second kappa shape index (κ2) is 5.34. The molecule has 0 radical (unpaired) electrons. The summed E-state index contributed by atoms with van der Waals surface area (Å²) < 4.78 is 22.2. The van der Waals surface area contributed by atoms with E-state index in [1.165, 1.54) is 23.1 Å². The third-order valence-electron chi connectivity index (χ3n) is 3.28. The van der Waals surface area contributed by atoms with Crippen LogP contribution in [0.25, 0.3) is 0 Å². The van der Waals surface area contributed by atoms with Crippen LogP contribution in [0.3, 0.4) is 0 Å². The molecule has 1 aromatic rings. The van der Waals surface area contributed by atoms with Crippen molar-refractivity contribution in [2.45, 2.75) is 6.42 Å². The average molecular weight is 313 g/mol. The minimum atomic E-state index is -3.67. The van der Waals surface area contributed by atoms with Gasteiger partial charge in [0, 0.05) is 18.9 Å². The van der Waals surface area contributed by atoms with E-state index in [0.717, 1.165) is 0 Å². The molecule has 2 rings (SSSR count). The third-order valence-corrected chi connectivity index (χ3v) is 4.21. The maximum absolute atomic E-state index is 12.0. The van der Waals surface area contributed by atoms with Crippen molar-refractivity contribution in [3.8, 4) is 0 Å². The van der Waals surface area contributed by atoms with Crippen LogP contribution in [0, 0.1) is 5.92 Å². The molecule has 1 atom stereocenters. The van der Waals surface area contributed by atoms with Crippen molar-refractivity contribution in [1.29, 1.82) is 0 Å². The Labute approximate surface area is 121 Å². The number of primary sulfonamides is 1. The molecule has 0 saturated carbocycles. The molecule has 1 heterocycles. The van der Waals surface area contributed by atoms with Crippen LogP contribution in [0.2, 0.25) is 0 Å². The lowest BCUT2D eigenvalue weighted by molar-refractivity contribution is -0.117. The number of nitrogens with zero attached hydrogens (tertiary/aromatic N) is 1. The molecular formula is C12H15N3O5S. The summed E-state index contributed by atoms with van der Waals surface area (Å²) in [6.07, 6.45) is 0.0349. The highest BCUT2D eigenvalue weighted by molar-refractivity contribution is 7.89. The first-order valence-corrected chi connectivity index (χ1v) is 7.83. The van der Waals surface area contributed by atoms with Gasteiger partial charge in [-0.3, -0.25) is 4.79 Å². The fraction of sp³-hybridized carbons (Fsp3) is 0.333. The van der Waals surface area contributed by atoms with Crippen molar-refractivity contribution in [2.75, 3.05) is 22.9 Å². The zero-order chi connectivity index (χ0) is 15.8. The molecule has 9 heteroatoms. The summed E-state index contributed by atoms with van der Waals surface area (Å²) in [5, 5.41) is 14.0. The Bertz CT molecular complexity index is 701. The van der Waals surface area contributed by atoms with Crippen LogP contribution in [0.1, 0.15) is 16.8 Å². The largest absolute Gasteiger partial charge is 0.478 e. The highest BCUT2D eigenvalue weighted by atomic mass is 32.2. The number of aromatic carboxylic acids is 1. The molecule has 1 aromatic carbocycles. The molecule has 114 valence electrons. The molecule has 1 unspecified atom stereocenters. The van der Waals surface area contributed by atoms with E-state index in [-0.39, 0.29) is 41.6 Å². The second-order valence-corrected chi connectivity index (χ2v) is 6.61. The van der Waals surface area contributed by atoms with E-state index in [9.17, 15) is 18.0 Å². The Hall–Kier alpha value is -2.13. The molecule has 1 amide bonds. The number of anilines is 2. The van der Waals surface area contributed by atoms with Crippen molar-refractivity contribution in [3.63, 3.8) is 0 Å². The van der Waals surface area contributed by atoms with Gasteiger partial charge in [-0.05, 0) is 12.1 Å². The van der Waals surface area contributed by atoms with Gasteiger partial charge in [0.2, 0.25) is 15.9 Å². The van der Waals surface area contributed by atoms with Crippen molar-refractivity contribution in [1.82, 2.24) is 0 Å². The van der Waals surface area contributed by atoms with Gasteiger partial charge in [0.05, 0.1) is 22.7 Å². The Balaban J connectivity index is 2.29. The number of carbonyl (C=O) groups excluding carboxylic acids is 1. The van der Waals surface area contributed by atoms with Crippen LogP contribution >= 0.6 is 0 Å². The van der Waals surface area contributed by atoms with Gasteiger partial charge in [-0.25, -0.2) is 18.4 Å². The lowest BCUT2D eigenvalue weighted by Crippen LogP contribution is -2.28. The van der Waals surface area contributed by atoms with E-state index >= 15 is 0 Å². The molecule has 21 heavy (non-hydrogen) atoms. The number of benzene rings is 1. The van der Waals surface area contributed by atoms with E-state index in [2.05, 4.69) is 0 Å². The molecule has 0 bridgehead atoms. The van der Waals surface area contributed by atoms with Crippen molar-refractivity contribution in [3.05, 3.63) is 23.8 Å². The van der Waals surface area contributed by atoms with Gasteiger partial charge in [0.15, 0.2) is 0 Å². The number of carboxylic acid groups (broad SMARTS) is 1. The van der Waals surface area contributed by atoms with Crippen molar-refractivity contribution in [2.24, 2.45) is 11.1 Å². The SMILES string of the molecule is Nc1c(C(=O)O)cccc1N1CC(CS(N)(=O)=O)CC1=O. The van der Waals surface area contributed by atoms with Gasteiger partial charge in [-0.1, -0.05) is 6.07 Å². The normalized spacial score (nSPS) is 19.0. The van der Waals surface area contributed by atoms with Crippen LogP contribution in [0.4, 0.5) is 11.4 Å². The number of nitrogen functional groups attached to an aromatic ring is 1. The van der Waals surface area contributed by atoms with Gasteiger partial charge < -0.3 is 15.7 Å². The number of sulfonamides is 1. The number of carboxylic acids is 1. The first kappa shape index (κ1) is 15.3. The lowest BCUT2D eigenvalue weighted by Gasteiger charge is -2.19. The second-order valence-electron chi connectivity index (χ2n) is 4.95. The Kier molecular flexibility index (Phi) is 3.88. The van der Waals surface area contributed by atoms with Gasteiger partial charge in [0.1, 0.15) is 0 Å². The number of rotatable bonds is 4. The van der Waals surface area contributed by atoms with E-state index in [1.54, 1.807) is 0 Å². The monoisotopic (exact) mass is 313 g/mol. The summed E-state index contributed by atoms with van der Waals surface area (Å²) in [6.45, 7) is 0.141. The highest BCUT2D eigenvalue weighted by Crippen LogP contribution is 2.32. The zero-order valence-electron chi connectivity index (χ0n) is 11.0. The van der Waals surface area contributed by atoms with E-state index in [1.807, 2.05) is 0 Å². The summed E-state index contributed by atoms with van der Waals surface area (Å²) in [4.78, 5) is 24.3. The molecule has 0 aromatic heterocycles. The van der Waals surface area contributed by atoms with Crippen molar-refractivity contribution < 1.29 is 23.1 Å². The lowest BCUT2D eigenvalue weighted by atomic mass is 10.1. The molecule has 0 aliphatic carbocycles. The number of hydrogen-bond acceptors (Lipinski definition) is 5. The number of amides is 1.